The molecule has 0 spiro atoms. The van der Waals surface area contributed by atoms with E-state index >= 15 is 0 Å². The number of anilines is 4. The van der Waals surface area contributed by atoms with Crippen LogP contribution in [-0.2, 0) is 98.5 Å². The summed E-state index contributed by atoms with van der Waals surface area (Å²) < 4.78 is 107. The third-order valence-corrected chi connectivity index (χ3v) is 19.9. The molecule has 3 N–H and O–H groups in total. The van der Waals surface area contributed by atoms with E-state index in [1.807, 2.05) is 94.0 Å². The van der Waals surface area contributed by atoms with Gasteiger partial charge in [-0.2, -0.15) is 9.97 Å². The molecule has 7 atom stereocenters. The predicted octanol–water partition coefficient (Wildman–Crippen LogP) is 9.16. The predicted molar refractivity (Wildman–Crippen MR) is 495 cm³/mol. The Kier molecular flexibility index (Phi) is 52.3. The monoisotopic (exact) mass is 1920 g/mol. The minimum absolute atomic E-state index is 0.0498. The van der Waals surface area contributed by atoms with E-state index < -0.39 is 40.8 Å². The van der Waals surface area contributed by atoms with Gasteiger partial charge in [0, 0.05) is 127 Å². The molecular weight excluding hydrogens is 1770 g/mol. The van der Waals surface area contributed by atoms with Gasteiger partial charge in [0.1, 0.15) is 43.8 Å². The summed E-state index contributed by atoms with van der Waals surface area (Å²) in [5.41, 5.74) is 3.66. The Morgan fingerprint density at radius 1 is 0.473 bits per heavy atom. The third kappa shape index (κ3) is 45.1. The van der Waals surface area contributed by atoms with E-state index in [1.54, 1.807) is 86.2 Å². The summed E-state index contributed by atoms with van der Waals surface area (Å²) in [6, 6.07) is 14.1. The Balaban J connectivity index is 0.000000269. The first-order valence-electron chi connectivity index (χ1n) is 44.0. The SMILES string of the molecule is CC(C)(C)OC(=O)N1CCOC(CO)C1.CCOC(=O)C1CN(C(=O)OC(C)(C)C)CCO1.COCC1CN(C(=O)OC(C)(C)C)CCO1.COCC1CN(c2ccc(Cl)nc2CN(C)C)CCO1.COCC1CN(c2ccc(Cl)nc2OC)CCO1.COCC1CN(c2ccc(NC(=O)C3CC3)nc2CN(C)C)CCO1.COCC1CNCCO1.COc1nc(Cl)ccc1F. The first-order chi connectivity index (χ1) is 62.2. The Morgan fingerprint density at radius 2 is 0.847 bits per heavy atom. The highest BCUT2D eigenvalue weighted by atomic mass is 35.5. The molecule has 4 aromatic heterocycles. The normalized spacial score (nSPS) is 20.5. The van der Waals surface area contributed by atoms with Gasteiger partial charge in [0.15, 0.2) is 11.9 Å². The molecule has 0 aromatic carbocycles. The van der Waals surface area contributed by atoms with E-state index in [2.05, 4.69) is 60.9 Å². The number of carbonyl (C=O) groups excluding carboxylic acids is 5. The van der Waals surface area contributed by atoms with Gasteiger partial charge in [-0.3, -0.25) is 4.79 Å². The lowest BCUT2D eigenvalue weighted by Gasteiger charge is -2.35. The summed E-state index contributed by atoms with van der Waals surface area (Å²) in [7, 11) is 19.4. The minimum Gasteiger partial charge on any atom is -0.479 e. The number of pyridine rings is 4. The van der Waals surface area contributed by atoms with Crippen LogP contribution in [0.5, 0.6) is 11.8 Å². The molecule has 1 saturated carbocycles. The first-order valence-corrected chi connectivity index (χ1v) is 45.1. The number of aliphatic hydroxyl groups excluding tert-OH is 1. The molecular formula is C89H146Cl3FN14O24. The number of amides is 4. The molecule has 1 aliphatic carbocycles. The first kappa shape index (κ1) is 114. The molecule has 7 aliphatic heterocycles. The fourth-order valence-electron chi connectivity index (χ4n) is 13.3. The molecule has 4 aromatic rings. The topological polar surface area (TPSA) is 373 Å². The summed E-state index contributed by atoms with van der Waals surface area (Å²) in [5, 5.41) is 16.3. The summed E-state index contributed by atoms with van der Waals surface area (Å²) in [4.78, 5) is 91.4. The Bertz CT molecular complexity index is 3960. The summed E-state index contributed by atoms with van der Waals surface area (Å²) in [5.74, 6) is 0.417. The second kappa shape index (κ2) is 60.1. The van der Waals surface area contributed by atoms with Crippen molar-refractivity contribution in [1.82, 2.24) is 49.8 Å². The zero-order valence-corrected chi connectivity index (χ0v) is 82.8. The van der Waals surface area contributed by atoms with Crippen molar-refractivity contribution in [3.05, 3.63) is 81.2 Å². The van der Waals surface area contributed by atoms with Crippen LogP contribution in [0.2, 0.25) is 15.5 Å². The van der Waals surface area contributed by atoms with Crippen molar-refractivity contribution in [3.63, 3.8) is 0 Å². The van der Waals surface area contributed by atoms with Crippen LogP contribution >= 0.6 is 34.8 Å². The lowest BCUT2D eigenvalue weighted by molar-refractivity contribution is -0.161. The summed E-state index contributed by atoms with van der Waals surface area (Å²) >= 11 is 17.3. The molecule has 8 fully saturated rings. The lowest BCUT2D eigenvalue weighted by atomic mass is 10.2. The van der Waals surface area contributed by atoms with Crippen LogP contribution in [0.4, 0.5) is 41.7 Å². The van der Waals surface area contributed by atoms with Crippen LogP contribution < -0.4 is 34.8 Å². The van der Waals surface area contributed by atoms with Gasteiger partial charge in [0.05, 0.1) is 186 Å². The van der Waals surface area contributed by atoms with E-state index in [-0.39, 0.29) is 84.8 Å². The van der Waals surface area contributed by atoms with Gasteiger partial charge in [0.2, 0.25) is 11.8 Å². The second-order valence-corrected chi connectivity index (χ2v) is 35.8. The third-order valence-electron chi connectivity index (χ3n) is 19.2. The van der Waals surface area contributed by atoms with Crippen LogP contribution in [0.1, 0.15) is 93.5 Å². The lowest BCUT2D eigenvalue weighted by Crippen LogP contribution is -2.50. The fourth-order valence-corrected chi connectivity index (χ4v) is 13.7. The van der Waals surface area contributed by atoms with Crippen LogP contribution in [-0.4, -0.2) is 401 Å². The molecule has 8 aliphatic rings. The molecule has 0 radical (unpaired) electrons. The Hall–Kier alpha value is -7.49. The van der Waals surface area contributed by atoms with E-state index in [0.29, 0.717) is 134 Å². The fraction of sp³-hybridized carbons (Fsp3) is 0.719. The van der Waals surface area contributed by atoms with Crippen LogP contribution in [0.15, 0.2) is 48.5 Å². The molecule has 11 heterocycles. The van der Waals surface area contributed by atoms with Gasteiger partial charge >= 0.3 is 24.2 Å². The average Bonchev–Trinajstić information content (AvgIpc) is 1.79. The number of esters is 1. The van der Waals surface area contributed by atoms with E-state index in [9.17, 15) is 28.4 Å². The van der Waals surface area contributed by atoms with E-state index in [1.165, 1.54) is 24.1 Å². The highest BCUT2D eigenvalue weighted by molar-refractivity contribution is 6.30. The number of halogens is 4. The number of aliphatic hydroxyl groups is 1. The molecule has 7 saturated heterocycles. The summed E-state index contributed by atoms with van der Waals surface area (Å²) in [6.45, 7) is 36.4. The number of aromatic nitrogens is 4. The second-order valence-electron chi connectivity index (χ2n) is 34.6. The molecule has 12 rings (SSSR count). The molecule has 42 heteroatoms. The number of nitrogens with one attached hydrogen (secondary N) is 2. The Morgan fingerprint density at radius 3 is 1.26 bits per heavy atom. The quantitative estimate of drug-likeness (QED) is 0.0334. The van der Waals surface area contributed by atoms with Crippen LogP contribution in [0.3, 0.4) is 0 Å². The number of carbonyl (C=O) groups is 5. The summed E-state index contributed by atoms with van der Waals surface area (Å²) in [6.07, 6.45) is 0.390. The van der Waals surface area contributed by atoms with Crippen molar-refractivity contribution in [2.75, 3.05) is 282 Å². The van der Waals surface area contributed by atoms with Gasteiger partial charge in [-0.05, 0) is 159 Å². The molecule has 4 amide bonds. The van der Waals surface area contributed by atoms with Crippen molar-refractivity contribution in [1.29, 1.82) is 0 Å². The number of nitrogens with zero attached hydrogens (tertiary/aromatic N) is 12. The zero-order chi connectivity index (χ0) is 96.8. The van der Waals surface area contributed by atoms with Crippen LogP contribution in [0, 0.1) is 11.7 Å². The maximum Gasteiger partial charge on any atom is 0.410 e. The number of hydrogen-bond acceptors (Lipinski definition) is 34. The highest BCUT2D eigenvalue weighted by Crippen LogP contribution is 2.33. The molecule has 744 valence electrons. The maximum absolute atomic E-state index is 12.5. The molecule has 38 nitrogen and oxygen atoms in total. The number of hydrogen-bond donors (Lipinski definition) is 3. The van der Waals surface area contributed by atoms with E-state index in [4.69, 9.17) is 125 Å². The van der Waals surface area contributed by atoms with Gasteiger partial charge in [-0.25, -0.2) is 33.5 Å². The van der Waals surface area contributed by atoms with Gasteiger partial charge < -0.3 is 140 Å². The molecule has 0 bridgehead atoms. The molecule has 131 heavy (non-hydrogen) atoms. The van der Waals surface area contributed by atoms with Crippen molar-refractivity contribution in [2.24, 2.45) is 5.92 Å². The standard InChI is InChI=1S/C18H28N4O3.C14H22ClN3O2.C12H17ClN2O3.C12H21NO5.C11H21NO4.C10H19NO4.C6H5ClFNO.C6H13NO2/c1-21(2)11-15-16(22-8-9-25-14(10-22)12-24-3)6-7-17(19-15)20-18(23)13-4-5-13;1-17(2)9-12-13(4-5-14(15)16-12)18-6-7-20-11(8-18)10-19-3;1-16-8-9-7-15(5-6-18-9)10-3-4-11(13)14-12(10)17-2;1-5-16-10(14)9-8-13(6-7-17-9)11(15)18-12(2,3)4;1-11(2,3)16-10(13)12-5-6-15-9(7-12)8-14-4;1-10(2,3)15-9(13)11-4-5-14-8(6-11)7-12;1-10-6-4(8)2-3-5(7)9-6;1-8-5-6-4-7-2-3-9-6/h6-7,13-14H,4-5,8-12H2,1-3H3,(H,19,20,23);4-5,11H,6-10H2,1-3H3;3-4,9H,5-8H2,1-2H3;9H,5-8H2,1-4H3;9H,5-8H2,1-4H3;8,12H,4-7H2,1-3H3;2-3H,1H3;6-7H,2-5H2,1H3. The van der Waals surface area contributed by atoms with Crippen molar-refractivity contribution in [2.45, 2.75) is 155 Å². The van der Waals surface area contributed by atoms with Crippen molar-refractivity contribution < 1.29 is 119 Å². The number of methoxy groups -OCH3 is 7. The maximum atomic E-state index is 12.5. The largest absolute Gasteiger partial charge is 0.479 e. The Labute approximate surface area is 788 Å². The molecule has 7 unspecified atom stereocenters. The van der Waals surface area contributed by atoms with Crippen molar-refractivity contribution in [3.8, 4) is 11.8 Å². The smallest absolute Gasteiger partial charge is 0.410 e. The number of morpholine rings is 7. The average molecular weight is 1920 g/mol. The van der Waals surface area contributed by atoms with E-state index in [0.717, 1.165) is 113 Å². The number of ether oxygens (including phenoxy) is 18. The zero-order valence-electron chi connectivity index (χ0n) is 80.6. The van der Waals surface area contributed by atoms with Crippen molar-refractivity contribution >= 4 is 87.8 Å². The van der Waals surface area contributed by atoms with Crippen LogP contribution in [0.25, 0.3) is 0 Å². The number of rotatable bonds is 24. The highest BCUT2D eigenvalue weighted by Gasteiger charge is 2.36. The van der Waals surface area contributed by atoms with Gasteiger partial charge in [-0.15, -0.1) is 0 Å². The minimum atomic E-state index is -0.716. The van der Waals surface area contributed by atoms with Gasteiger partial charge in [0.25, 0.3) is 5.88 Å². The van der Waals surface area contributed by atoms with Gasteiger partial charge in [-0.1, -0.05) is 34.8 Å².